The SMILES string of the molecule is Cc1ccnc(NC(=O)c2ccc3nc[nH]c3c2)n1. The van der Waals surface area contributed by atoms with E-state index in [0.717, 1.165) is 16.7 Å². The van der Waals surface area contributed by atoms with Crippen molar-refractivity contribution in [3.63, 3.8) is 0 Å². The Hall–Kier alpha value is -2.76. The molecule has 0 fully saturated rings. The first kappa shape index (κ1) is 11.3. The zero-order valence-electron chi connectivity index (χ0n) is 10.2. The standard InChI is InChI=1S/C13H11N5O/c1-8-4-5-14-13(17-8)18-12(19)9-2-3-10-11(6-9)16-7-15-10/h2-7H,1H3,(H,15,16)(H,14,17,18,19). The smallest absolute Gasteiger partial charge is 0.258 e. The fraction of sp³-hybridized carbons (Fsp3) is 0.0769. The van der Waals surface area contributed by atoms with Gasteiger partial charge in [0.2, 0.25) is 5.95 Å². The van der Waals surface area contributed by atoms with Crippen LogP contribution in [0, 0.1) is 6.92 Å². The van der Waals surface area contributed by atoms with Crippen molar-refractivity contribution in [1.82, 2.24) is 19.9 Å². The van der Waals surface area contributed by atoms with Crippen molar-refractivity contribution in [1.29, 1.82) is 0 Å². The number of fused-ring (bicyclic) bond motifs is 1. The van der Waals surface area contributed by atoms with Gasteiger partial charge in [0.15, 0.2) is 0 Å². The third-order valence-corrected chi connectivity index (χ3v) is 2.70. The van der Waals surface area contributed by atoms with Crippen LogP contribution in [0.4, 0.5) is 5.95 Å². The molecule has 1 amide bonds. The molecule has 0 atom stereocenters. The van der Waals surface area contributed by atoms with Crippen molar-refractivity contribution >= 4 is 22.9 Å². The van der Waals surface area contributed by atoms with E-state index in [2.05, 4.69) is 25.3 Å². The number of aromatic amines is 1. The molecule has 3 aromatic rings. The zero-order chi connectivity index (χ0) is 13.2. The molecular formula is C13H11N5O. The van der Waals surface area contributed by atoms with Gasteiger partial charge in [-0.15, -0.1) is 0 Å². The summed E-state index contributed by atoms with van der Waals surface area (Å²) < 4.78 is 0. The highest BCUT2D eigenvalue weighted by molar-refractivity contribution is 6.05. The molecule has 3 rings (SSSR count). The van der Waals surface area contributed by atoms with E-state index >= 15 is 0 Å². The maximum atomic E-state index is 12.1. The number of amides is 1. The number of nitrogens with one attached hydrogen (secondary N) is 2. The molecular weight excluding hydrogens is 242 g/mol. The summed E-state index contributed by atoms with van der Waals surface area (Å²) in [5.41, 5.74) is 2.97. The minimum atomic E-state index is -0.248. The van der Waals surface area contributed by atoms with Crippen LogP contribution in [0.1, 0.15) is 16.1 Å². The third-order valence-electron chi connectivity index (χ3n) is 2.70. The van der Waals surface area contributed by atoms with Gasteiger partial charge in [-0.25, -0.2) is 15.0 Å². The van der Waals surface area contributed by atoms with Gasteiger partial charge in [-0.05, 0) is 31.2 Å². The van der Waals surface area contributed by atoms with Crippen LogP contribution in [-0.4, -0.2) is 25.8 Å². The Kier molecular flexibility index (Phi) is 2.68. The van der Waals surface area contributed by atoms with Crippen molar-refractivity contribution in [2.24, 2.45) is 0 Å². The van der Waals surface area contributed by atoms with E-state index in [-0.39, 0.29) is 5.91 Å². The first-order chi connectivity index (χ1) is 9.22. The molecule has 2 N–H and O–H groups in total. The van der Waals surface area contributed by atoms with Crippen molar-refractivity contribution < 1.29 is 4.79 Å². The predicted molar refractivity (Wildman–Crippen MR) is 70.8 cm³/mol. The number of rotatable bonds is 2. The summed E-state index contributed by atoms with van der Waals surface area (Å²) in [6.45, 7) is 1.84. The van der Waals surface area contributed by atoms with E-state index in [0.29, 0.717) is 11.5 Å². The van der Waals surface area contributed by atoms with Gasteiger partial charge in [-0.1, -0.05) is 0 Å². The fourth-order valence-corrected chi connectivity index (χ4v) is 1.76. The summed E-state index contributed by atoms with van der Waals surface area (Å²) in [7, 11) is 0. The van der Waals surface area contributed by atoms with Gasteiger partial charge >= 0.3 is 0 Å². The molecule has 6 nitrogen and oxygen atoms in total. The van der Waals surface area contributed by atoms with Crippen LogP contribution >= 0.6 is 0 Å². The van der Waals surface area contributed by atoms with Gasteiger partial charge < -0.3 is 4.98 Å². The van der Waals surface area contributed by atoms with Gasteiger partial charge in [0.1, 0.15) is 0 Å². The molecule has 2 heterocycles. The van der Waals surface area contributed by atoms with Crippen molar-refractivity contribution in [2.75, 3.05) is 5.32 Å². The molecule has 94 valence electrons. The Labute approximate surface area is 108 Å². The molecule has 0 saturated heterocycles. The number of carbonyl (C=O) groups is 1. The lowest BCUT2D eigenvalue weighted by Crippen LogP contribution is -2.14. The Morgan fingerprint density at radius 3 is 3.00 bits per heavy atom. The van der Waals surface area contributed by atoms with E-state index in [1.807, 2.05) is 6.92 Å². The summed E-state index contributed by atoms with van der Waals surface area (Å²) in [5, 5.41) is 2.66. The van der Waals surface area contributed by atoms with E-state index < -0.39 is 0 Å². The number of anilines is 1. The highest BCUT2D eigenvalue weighted by atomic mass is 16.1. The summed E-state index contributed by atoms with van der Waals surface area (Å²) in [6, 6.07) is 7.02. The monoisotopic (exact) mass is 253 g/mol. The molecule has 1 aromatic carbocycles. The Balaban J connectivity index is 1.87. The maximum Gasteiger partial charge on any atom is 0.258 e. The molecule has 2 aromatic heterocycles. The average Bonchev–Trinajstić information content (AvgIpc) is 2.85. The summed E-state index contributed by atoms with van der Waals surface area (Å²) >= 11 is 0. The lowest BCUT2D eigenvalue weighted by atomic mass is 10.2. The largest absolute Gasteiger partial charge is 0.345 e. The highest BCUT2D eigenvalue weighted by Crippen LogP contribution is 2.12. The van der Waals surface area contributed by atoms with Crippen molar-refractivity contribution in [3.8, 4) is 0 Å². The molecule has 0 spiro atoms. The minimum absolute atomic E-state index is 0.248. The van der Waals surface area contributed by atoms with Crippen LogP contribution in [0.2, 0.25) is 0 Å². The average molecular weight is 253 g/mol. The summed E-state index contributed by atoms with van der Waals surface area (Å²) in [4.78, 5) is 27.3. The quantitative estimate of drug-likeness (QED) is 0.730. The number of H-pyrrole nitrogens is 1. The molecule has 6 heteroatoms. The topological polar surface area (TPSA) is 83.6 Å². The second kappa shape index (κ2) is 4.49. The second-order valence-corrected chi connectivity index (χ2v) is 4.11. The normalized spacial score (nSPS) is 10.6. The highest BCUT2D eigenvalue weighted by Gasteiger charge is 2.09. The van der Waals surface area contributed by atoms with Gasteiger partial charge in [0.25, 0.3) is 5.91 Å². The lowest BCUT2D eigenvalue weighted by molar-refractivity contribution is 0.102. The van der Waals surface area contributed by atoms with Crippen LogP contribution in [0.5, 0.6) is 0 Å². The molecule has 0 unspecified atom stereocenters. The van der Waals surface area contributed by atoms with Crippen LogP contribution < -0.4 is 5.32 Å². The molecule has 0 aliphatic rings. The van der Waals surface area contributed by atoms with Crippen molar-refractivity contribution in [2.45, 2.75) is 6.92 Å². The van der Waals surface area contributed by atoms with Crippen LogP contribution in [0.15, 0.2) is 36.8 Å². The third kappa shape index (κ3) is 2.28. The predicted octanol–water partition coefficient (Wildman–Crippen LogP) is 1.91. The number of hydrogen-bond donors (Lipinski definition) is 2. The van der Waals surface area contributed by atoms with E-state index in [9.17, 15) is 4.79 Å². The fourth-order valence-electron chi connectivity index (χ4n) is 1.76. The van der Waals surface area contributed by atoms with Crippen LogP contribution in [-0.2, 0) is 0 Å². The number of aromatic nitrogens is 4. The van der Waals surface area contributed by atoms with E-state index in [1.165, 1.54) is 0 Å². The number of benzene rings is 1. The minimum Gasteiger partial charge on any atom is -0.345 e. The van der Waals surface area contributed by atoms with Gasteiger partial charge in [-0.2, -0.15) is 0 Å². The van der Waals surface area contributed by atoms with Gasteiger partial charge in [0.05, 0.1) is 17.4 Å². The Morgan fingerprint density at radius 2 is 2.16 bits per heavy atom. The number of carbonyl (C=O) groups excluding carboxylic acids is 1. The van der Waals surface area contributed by atoms with Crippen LogP contribution in [0.3, 0.4) is 0 Å². The first-order valence-electron chi connectivity index (χ1n) is 5.76. The molecule has 19 heavy (non-hydrogen) atoms. The maximum absolute atomic E-state index is 12.1. The molecule has 0 bridgehead atoms. The number of hydrogen-bond acceptors (Lipinski definition) is 4. The van der Waals surface area contributed by atoms with E-state index in [1.54, 1.807) is 36.8 Å². The van der Waals surface area contributed by atoms with Gasteiger partial charge in [0, 0.05) is 17.5 Å². The second-order valence-electron chi connectivity index (χ2n) is 4.11. The van der Waals surface area contributed by atoms with E-state index in [4.69, 9.17) is 0 Å². The van der Waals surface area contributed by atoms with Crippen molar-refractivity contribution in [3.05, 3.63) is 48.0 Å². The lowest BCUT2D eigenvalue weighted by Gasteiger charge is -2.04. The van der Waals surface area contributed by atoms with Gasteiger partial charge in [-0.3, -0.25) is 10.1 Å². The number of aryl methyl sites for hydroxylation is 1. The number of nitrogens with zero attached hydrogens (tertiary/aromatic N) is 3. The Morgan fingerprint density at radius 1 is 1.26 bits per heavy atom. The molecule has 0 saturated carbocycles. The summed E-state index contributed by atoms with van der Waals surface area (Å²) in [5.74, 6) is 0.0526. The zero-order valence-corrected chi connectivity index (χ0v) is 10.2. The van der Waals surface area contributed by atoms with Crippen LogP contribution in [0.25, 0.3) is 11.0 Å². The molecule has 0 aliphatic heterocycles. The first-order valence-corrected chi connectivity index (χ1v) is 5.76. The summed E-state index contributed by atoms with van der Waals surface area (Å²) in [6.07, 6.45) is 3.20. The Bertz CT molecular complexity index is 749. The number of imidazole rings is 1. The molecule has 0 radical (unpaired) electrons. The molecule has 0 aliphatic carbocycles.